The topological polar surface area (TPSA) is 42.6 Å². The Kier molecular flexibility index (Phi) is 4.35. The van der Waals surface area contributed by atoms with Crippen molar-refractivity contribution in [3.8, 4) is 0 Å². The van der Waals surface area contributed by atoms with Crippen LogP contribution in [0.5, 0.6) is 0 Å². The monoisotopic (exact) mass is 202 g/mol. The van der Waals surface area contributed by atoms with Gasteiger partial charge in [0.25, 0.3) is 0 Å². The van der Waals surface area contributed by atoms with Gasteiger partial charge in [0.05, 0.1) is 19.0 Å². The van der Waals surface area contributed by atoms with E-state index in [0.29, 0.717) is 12.4 Å². The van der Waals surface area contributed by atoms with Gasteiger partial charge in [-0.2, -0.15) is 0 Å². The molecule has 13 heavy (non-hydrogen) atoms. The molecule has 1 aromatic rings. The molecule has 1 unspecified atom stereocenters. The highest BCUT2D eigenvalue weighted by molar-refractivity contribution is 7.99. The van der Waals surface area contributed by atoms with Crippen molar-refractivity contribution in [1.82, 2.24) is 0 Å². The second kappa shape index (κ2) is 5.32. The molecule has 0 aromatic carbocycles. The Bertz CT molecular complexity index is 247. The molecule has 0 aliphatic heterocycles. The lowest BCUT2D eigenvalue weighted by atomic mass is 10.4. The minimum absolute atomic E-state index is 0.379. The van der Waals surface area contributed by atoms with Crippen molar-refractivity contribution < 1.29 is 14.3 Å². The minimum Gasteiger partial charge on any atom is -0.468 e. The van der Waals surface area contributed by atoms with Crippen LogP contribution in [-0.4, -0.2) is 30.7 Å². The van der Waals surface area contributed by atoms with Gasteiger partial charge in [-0.25, -0.2) is 0 Å². The second-order valence-corrected chi connectivity index (χ2v) is 3.82. The Labute approximate surface area is 82.1 Å². The van der Waals surface area contributed by atoms with Gasteiger partial charge in [-0.15, -0.1) is 11.8 Å². The quantitative estimate of drug-likeness (QED) is 0.738. The zero-order valence-corrected chi connectivity index (χ0v) is 8.63. The van der Waals surface area contributed by atoms with Crippen LogP contribution in [0.3, 0.4) is 0 Å². The largest absolute Gasteiger partial charge is 0.468 e. The molecule has 0 bridgehead atoms. The third-order valence-corrected chi connectivity index (χ3v) is 2.89. The van der Waals surface area contributed by atoms with Crippen LogP contribution < -0.4 is 0 Å². The van der Waals surface area contributed by atoms with E-state index in [-0.39, 0.29) is 0 Å². The number of aliphatic hydroxyl groups excluding tert-OH is 1. The Balaban J connectivity index is 2.30. The first-order valence-electron chi connectivity index (χ1n) is 4.08. The van der Waals surface area contributed by atoms with Crippen LogP contribution in [0.25, 0.3) is 0 Å². The number of methoxy groups -OCH3 is 1. The third-order valence-electron chi connectivity index (χ3n) is 1.60. The Morgan fingerprint density at radius 3 is 3.00 bits per heavy atom. The summed E-state index contributed by atoms with van der Waals surface area (Å²) in [6.45, 7) is 2.29. The van der Waals surface area contributed by atoms with Gasteiger partial charge >= 0.3 is 0 Å². The molecule has 0 amide bonds. The van der Waals surface area contributed by atoms with Crippen LogP contribution in [0.2, 0.25) is 0 Å². The van der Waals surface area contributed by atoms with Gasteiger partial charge in [-0.1, -0.05) is 0 Å². The number of aryl methyl sites for hydroxylation is 1. The van der Waals surface area contributed by atoms with Crippen molar-refractivity contribution in [3.05, 3.63) is 18.1 Å². The summed E-state index contributed by atoms with van der Waals surface area (Å²) in [5.41, 5.74) is 0. The summed E-state index contributed by atoms with van der Waals surface area (Å²) in [6.07, 6.45) is 1.24. The molecule has 0 spiro atoms. The highest BCUT2D eigenvalue weighted by Crippen LogP contribution is 2.23. The second-order valence-electron chi connectivity index (χ2n) is 2.76. The van der Waals surface area contributed by atoms with E-state index < -0.39 is 6.10 Å². The number of hydrogen-bond acceptors (Lipinski definition) is 4. The molecular formula is C9H14O3S. The van der Waals surface area contributed by atoms with Crippen molar-refractivity contribution in [2.75, 3.05) is 19.5 Å². The van der Waals surface area contributed by atoms with Gasteiger partial charge in [0, 0.05) is 17.8 Å². The average molecular weight is 202 g/mol. The molecule has 0 fully saturated rings. The van der Waals surface area contributed by atoms with E-state index in [1.54, 1.807) is 25.1 Å². The Morgan fingerprint density at radius 1 is 1.69 bits per heavy atom. The van der Waals surface area contributed by atoms with Crippen molar-refractivity contribution in [3.63, 3.8) is 0 Å². The fourth-order valence-corrected chi connectivity index (χ4v) is 1.82. The highest BCUT2D eigenvalue weighted by Gasteiger charge is 2.07. The van der Waals surface area contributed by atoms with E-state index in [2.05, 4.69) is 0 Å². The molecule has 1 rings (SSSR count). The highest BCUT2D eigenvalue weighted by atomic mass is 32.2. The summed E-state index contributed by atoms with van der Waals surface area (Å²) in [5.74, 6) is 1.53. The molecule has 1 atom stereocenters. The van der Waals surface area contributed by atoms with Crippen LogP contribution in [0.1, 0.15) is 5.76 Å². The maximum Gasteiger partial charge on any atom is 0.114 e. The van der Waals surface area contributed by atoms with Crippen molar-refractivity contribution in [2.45, 2.75) is 17.9 Å². The Morgan fingerprint density at radius 2 is 2.46 bits per heavy atom. The smallest absolute Gasteiger partial charge is 0.114 e. The summed E-state index contributed by atoms with van der Waals surface area (Å²) in [7, 11) is 1.58. The SMILES string of the molecule is COCC(O)CSc1ccoc1C. The van der Waals surface area contributed by atoms with Gasteiger partial charge in [-0.3, -0.25) is 0 Å². The molecule has 0 saturated heterocycles. The van der Waals surface area contributed by atoms with E-state index >= 15 is 0 Å². The van der Waals surface area contributed by atoms with Crippen molar-refractivity contribution in [2.24, 2.45) is 0 Å². The predicted octanol–water partition coefficient (Wildman–Crippen LogP) is 1.69. The number of ether oxygens (including phenoxy) is 1. The number of aliphatic hydroxyl groups is 1. The van der Waals surface area contributed by atoms with E-state index in [4.69, 9.17) is 9.15 Å². The molecule has 3 nitrogen and oxygen atoms in total. The molecule has 74 valence electrons. The van der Waals surface area contributed by atoms with E-state index in [0.717, 1.165) is 10.7 Å². The van der Waals surface area contributed by atoms with Gasteiger partial charge in [-0.05, 0) is 13.0 Å². The zero-order chi connectivity index (χ0) is 9.68. The van der Waals surface area contributed by atoms with E-state index in [9.17, 15) is 5.11 Å². The molecule has 0 saturated carbocycles. The lowest BCUT2D eigenvalue weighted by molar-refractivity contribution is 0.0794. The van der Waals surface area contributed by atoms with Gasteiger partial charge < -0.3 is 14.3 Å². The summed E-state index contributed by atoms with van der Waals surface area (Å²) < 4.78 is 9.94. The van der Waals surface area contributed by atoms with E-state index in [1.807, 2.05) is 13.0 Å². The first-order valence-corrected chi connectivity index (χ1v) is 5.06. The number of hydrogen-bond donors (Lipinski definition) is 1. The lowest BCUT2D eigenvalue weighted by Crippen LogP contribution is -2.16. The number of thioether (sulfide) groups is 1. The van der Waals surface area contributed by atoms with E-state index in [1.165, 1.54) is 0 Å². The van der Waals surface area contributed by atoms with Crippen molar-refractivity contribution >= 4 is 11.8 Å². The molecule has 0 radical (unpaired) electrons. The van der Waals surface area contributed by atoms with Crippen LogP contribution in [0.4, 0.5) is 0 Å². The summed E-state index contributed by atoms with van der Waals surface area (Å²) in [4.78, 5) is 1.08. The predicted molar refractivity (Wildman–Crippen MR) is 52.1 cm³/mol. The fourth-order valence-electron chi connectivity index (χ4n) is 0.950. The van der Waals surface area contributed by atoms with Crippen LogP contribution in [-0.2, 0) is 4.74 Å². The van der Waals surface area contributed by atoms with Crippen molar-refractivity contribution in [1.29, 1.82) is 0 Å². The number of rotatable bonds is 5. The van der Waals surface area contributed by atoms with Crippen LogP contribution in [0.15, 0.2) is 21.6 Å². The normalized spacial score (nSPS) is 13.2. The van der Waals surface area contributed by atoms with Crippen LogP contribution >= 0.6 is 11.8 Å². The summed E-state index contributed by atoms with van der Waals surface area (Å²) >= 11 is 1.58. The Hall–Kier alpha value is -0.450. The molecule has 1 heterocycles. The lowest BCUT2D eigenvalue weighted by Gasteiger charge is -2.07. The maximum atomic E-state index is 9.36. The molecule has 4 heteroatoms. The molecule has 1 aromatic heterocycles. The third kappa shape index (κ3) is 3.42. The maximum absolute atomic E-state index is 9.36. The molecule has 0 aliphatic rings. The zero-order valence-electron chi connectivity index (χ0n) is 7.82. The molecule has 0 aliphatic carbocycles. The molecule has 1 N–H and O–H groups in total. The summed E-state index contributed by atoms with van der Waals surface area (Å²) in [6, 6.07) is 1.90. The summed E-state index contributed by atoms with van der Waals surface area (Å²) in [5, 5.41) is 9.36. The average Bonchev–Trinajstić information content (AvgIpc) is 2.48. The first-order chi connectivity index (χ1) is 6.24. The standard InChI is InChI=1S/C9H14O3S/c1-7-9(3-4-12-7)13-6-8(10)5-11-2/h3-4,8,10H,5-6H2,1-2H3. The molecular weight excluding hydrogens is 188 g/mol. The van der Waals surface area contributed by atoms with Gasteiger partial charge in [0.1, 0.15) is 5.76 Å². The minimum atomic E-state index is -0.413. The van der Waals surface area contributed by atoms with Gasteiger partial charge in [0.2, 0.25) is 0 Å². The van der Waals surface area contributed by atoms with Crippen LogP contribution in [0, 0.1) is 6.92 Å². The first kappa shape index (κ1) is 10.6. The van der Waals surface area contributed by atoms with Gasteiger partial charge in [0.15, 0.2) is 0 Å². The number of furan rings is 1. The fraction of sp³-hybridized carbons (Fsp3) is 0.556.